The first-order valence-corrected chi connectivity index (χ1v) is 10.2. The molecule has 1 heterocycles. The fraction of sp³-hybridized carbons (Fsp3) is 0.333. The lowest BCUT2D eigenvalue weighted by molar-refractivity contribution is -0.138. The molecule has 1 aromatic heterocycles. The van der Waals surface area contributed by atoms with Crippen molar-refractivity contribution in [2.45, 2.75) is 52.0 Å². The number of fused-ring (bicyclic) bond motifs is 1. The number of aliphatic carboxylic acids is 1. The van der Waals surface area contributed by atoms with Crippen molar-refractivity contribution in [1.82, 2.24) is 0 Å². The molecular formula is C24H30N2O4. The van der Waals surface area contributed by atoms with Gasteiger partial charge in [0, 0.05) is 5.39 Å². The van der Waals surface area contributed by atoms with Gasteiger partial charge in [-0.3, -0.25) is 4.79 Å². The van der Waals surface area contributed by atoms with Crippen molar-refractivity contribution in [3.63, 3.8) is 0 Å². The Bertz CT molecular complexity index is 1030. The molecule has 0 radical (unpaired) electrons. The van der Waals surface area contributed by atoms with E-state index in [1.807, 2.05) is 49.4 Å². The van der Waals surface area contributed by atoms with Crippen LogP contribution < -0.4 is 17.1 Å². The molecule has 0 spiro atoms. The van der Waals surface area contributed by atoms with Gasteiger partial charge in [0.15, 0.2) is 0 Å². The van der Waals surface area contributed by atoms with Crippen LogP contribution >= 0.6 is 0 Å². The van der Waals surface area contributed by atoms with E-state index in [4.69, 9.17) is 21.0 Å². The summed E-state index contributed by atoms with van der Waals surface area (Å²) in [7, 11) is 0. The minimum absolute atomic E-state index is 0.209. The Labute approximate surface area is 176 Å². The minimum atomic E-state index is -0.959. The maximum Gasteiger partial charge on any atom is 0.359 e. The van der Waals surface area contributed by atoms with Crippen LogP contribution in [0.5, 0.6) is 0 Å². The number of nitrogen functional groups attached to an aromatic ring is 1. The molecule has 3 aromatic rings. The third kappa shape index (κ3) is 6.46. The molecule has 160 valence electrons. The van der Waals surface area contributed by atoms with E-state index in [-0.39, 0.29) is 5.69 Å². The summed E-state index contributed by atoms with van der Waals surface area (Å²) in [5.41, 5.74) is 14.4. The van der Waals surface area contributed by atoms with Gasteiger partial charge in [0.05, 0.1) is 0 Å². The van der Waals surface area contributed by atoms with Crippen LogP contribution in [-0.2, 0) is 17.6 Å². The van der Waals surface area contributed by atoms with Crippen LogP contribution in [0.2, 0.25) is 0 Å². The lowest BCUT2D eigenvalue weighted by Crippen LogP contribution is -2.32. The van der Waals surface area contributed by atoms with Crippen molar-refractivity contribution < 1.29 is 14.3 Å². The van der Waals surface area contributed by atoms with E-state index >= 15 is 0 Å². The molecular weight excluding hydrogens is 380 g/mol. The predicted octanol–water partition coefficient (Wildman–Crippen LogP) is 4.06. The number of unbranched alkanes of at least 4 members (excludes halogenated alkanes) is 2. The number of benzene rings is 2. The van der Waals surface area contributed by atoms with Crippen molar-refractivity contribution in [3.05, 3.63) is 75.6 Å². The second-order valence-corrected chi connectivity index (χ2v) is 7.35. The molecule has 2 aromatic carbocycles. The fourth-order valence-electron chi connectivity index (χ4n) is 3.10. The van der Waals surface area contributed by atoms with E-state index in [9.17, 15) is 9.59 Å². The first-order chi connectivity index (χ1) is 14.3. The number of carbonyl (C=O) groups is 1. The first kappa shape index (κ1) is 23.2. The zero-order chi connectivity index (χ0) is 22.1. The quantitative estimate of drug-likeness (QED) is 0.399. The van der Waals surface area contributed by atoms with E-state index in [0.29, 0.717) is 12.0 Å². The average Bonchev–Trinajstić information content (AvgIpc) is 2.73. The normalized spacial score (nSPS) is 11.6. The zero-order valence-corrected chi connectivity index (χ0v) is 17.6. The van der Waals surface area contributed by atoms with Gasteiger partial charge in [0.2, 0.25) is 0 Å². The topological polar surface area (TPSA) is 120 Å². The van der Waals surface area contributed by atoms with Crippen molar-refractivity contribution in [2.24, 2.45) is 5.73 Å². The summed E-state index contributed by atoms with van der Waals surface area (Å²) in [4.78, 5) is 21.9. The van der Waals surface area contributed by atoms with E-state index < -0.39 is 17.6 Å². The molecule has 6 heteroatoms. The number of carboxylic acid groups (broad SMARTS) is 1. The Balaban J connectivity index is 0.000000232. The van der Waals surface area contributed by atoms with Crippen molar-refractivity contribution in [1.29, 1.82) is 0 Å². The molecule has 0 aliphatic heterocycles. The highest BCUT2D eigenvalue weighted by atomic mass is 16.4. The monoisotopic (exact) mass is 410 g/mol. The third-order valence-corrected chi connectivity index (χ3v) is 4.96. The molecule has 5 N–H and O–H groups in total. The standard InChI is InChI=1S/C15H19NO2.C9H11NO2/c1-3-4-5-6-11-7-8-12-10(2)14(16)15(17)18-13(12)9-11;10-8(9(11)12)6-7-4-2-1-3-5-7/h7-9H,3-6,16H2,1-2H3;1-5,8H,6,10H2,(H,11,12). The molecule has 0 fully saturated rings. The summed E-state index contributed by atoms with van der Waals surface area (Å²) in [6.45, 7) is 4.04. The Morgan fingerprint density at radius 3 is 2.43 bits per heavy atom. The number of hydrogen-bond acceptors (Lipinski definition) is 5. The van der Waals surface area contributed by atoms with Gasteiger partial charge in [-0.2, -0.15) is 0 Å². The summed E-state index contributed by atoms with van der Waals surface area (Å²) in [6.07, 6.45) is 5.01. The van der Waals surface area contributed by atoms with Crippen LogP contribution in [0.3, 0.4) is 0 Å². The molecule has 0 saturated carbocycles. The van der Waals surface area contributed by atoms with Crippen LogP contribution in [0.15, 0.2) is 57.7 Å². The van der Waals surface area contributed by atoms with Gasteiger partial charge in [-0.25, -0.2) is 4.79 Å². The smallest absolute Gasteiger partial charge is 0.359 e. The second kappa shape index (κ2) is 11.2. The summed E-state index contributed by atoms with van der Waals surface area (Å²) in [5.74, 6) is -0.959. The molecule has 0 saturated heterocycles. The highest BCUT2D eigenvalue weighted by Crippen LogP contribution is 2.22. The molecule has 0 aliphatic rings. The maximum atomic E-state index is 11.5. The Hall–Kier alpha value is -3.12. The van der Waals surface area contributed by atoms with Gasteiger partial charge in [-0.05, 0) is 48.9 Å². The Kier molecular flexibility index (Phi) is 8.62. The molecule has 1 unspecified atom stereocenters. The van der Waals surface area contributed by atoms with Gasteiger partial charge in [-0.15, -0.1) is 0 Å². The Morgan fingerprint density at radius 2 is 1.80 bits per heavy atom. The van der Waals surface area contributed by atoms with Gasteiger partial charge in [-0.1, -0.05) is 62.2 Å². The number of carboxylic acids is 1. The number of aryl methyl sites for hydroxylation is 2. The van der Waals surface area contributed by atoms with Gasteiger partial charge in [0.1, 0.15) is 17.3 Å². The van der Waals surface area contributed by atoms with E-state index in [2.05, 4.69) is 13.0 Å². The van der Waals surface area contributed by atoms with E-state index in [0.717, 1.165) is 22.9 Å². The van der Waals surface area contributed by atoms with Gasteiger partial charge in [0.25, 0.3) is 0 Å². The minimum Gasteiger partial charge on any atom is -0.480 e. The van der Waals surface area contributed by atoms with Gasteiger partial charge < -0.3 is 21.0 Å². The average molecular weight is 411 g/mol. The summed E-state index contributed by atoms with van der Waals surface area (Å²) < 4.78 is 5.24. The van der Waals surface area contributed by atoms with Crippen molar-refractivity contribution >= 4 is 22.6 Å². The zero-order valence-electron chi connectivity index (χ0n) is 17.6. The first-order valence-electron chi connectivity index (χ1n) is 10.2. The Morgan fingerprint density at radius 1 is 1.10 bits per heavy atom. The van der Waals surface area contributed by atoms with Crippen LogP contribution in [-0.4, -0.2) is 17.1 Å². The van der Waals surface area contributed by atoms with Crippen LogP contribution in [0.4, 0.5) is 5.69 Å². The van der Waals surface area contributed by atoms with Crippen molar-refractivity contribution in [3.8, 4) is 0 Å². The third-order valence-electron chi connectivity index (χ3n) is 4.96. The molecule has 0 bridgehead atoms. The van der Waals surface area contributed by atoms with Crippen LogP contribution in [0.25, 0.3) is 11.0 Å². The summed E-state index contributed by atoms with van der Waals surface area (Å²) >= 11 is 0. The predicted molar refractivity (Wildman–Crippen MR) is 121 cm³/mol. The van der Waals surface area contributed by atoms with E-state index in [1.54, 1.807) is 0 Å². The lowest BCUT2D eigenvalue weighted by Gasteiger charge is -2.06. The van der Waals surface area contributed by atoms with E-state index in [1.165, 1.54) is 24.8 Å². The highest BCUT2D eigenvalue weighted by molar-refractivity contribution is 5.84. The molecule has 3 rings (SSSR count). The number of hydrogen-bond donors (Lipinski definition) is 3. The molecule has 0 aliphatic carbocycles. The number of rotatable bonds is 7. The highest BCUT2D eigenvalue weighted by Gasteiger charge is 2.11. The molecule has 6 nitrogen and oxygen atoms in total. The van der Waals surface area contributed by atoms with Crippen molar-refractivity contribution in [2.75, 3.05) is 5.73 Å². The lowest BCUT2D eigenvalue weighted by atomic mass is 10.0. The fourth-order valence-corrected chi connectivity index (χ4v) is 3.10. The number of nitrogens with two attached hydrogens (primary N) is 2. The SMILES string of the molecule is CCCCCc1ccc2c(C)c(N)c(=O)oc2c1.NC(Cc1ccccc1)C(=O)O. The summed E-state index contributed by atoms with van der Waals surface area (Å²) in [5, 5.41) is 9.44. The van der Waals surface area contributed by atoms with Gasteiger partial charge >= 0.3 is 11.6 Å². The van der Waals surface area contributed by atoms with Crippen LogP contribution in [0, 0.1) is 6.92 Å². The number of anilines is 1. The molecule has 0 amide bonds. The largest absolute Gasteiger partial charge is 0.480 e. The second-order valence-electron chi connectivity index (χ2n) is 7.35. The molecule has 1 atom stereocenters. The van der Waals surface area contributed by atoms with Crippen LogP contribution in [0.1, 0.15) is 42.9 Å². The maximum absolute atomic E-state index is 11.5. The molecule has 30 heavy (non-hydrogen) atoms. The summed E-state index contributed by atoms with van der Waals surface area (Å²) in [6, 6.07) is 14.6.